The molecule has 0 fully saturated rings. The molecule has 0 aliphatic carbocycles. The van der Waals surface area contributed by atoms with Crippen LogP contribution in [0.15, 0.2) is 79.0 Å². The lowest BCUT2D eigenvalue weighted by molar-refractivity contribution is 0.100. The molecule has 8 heteroatoms. The third-order valence-electron chi connectivity index (χ3n) is 6.46. The number of primary amides is 1. The van der Waals surface area contributed by atoms with Crippen molar-refractivity contribution in [3.63, 3.8) is 0 Å². The van der Waals surface area contributed by atoms with Crippen LogP contribution in [-0.2, 0) is 16.6 Å². The molecule has 0 saturated heterocycles. The van der Waals surface area contributed by atoms with Crippen molar-refractivity contribution in [3.8, 4) is 11.1 Å². The Morgan fingerprint density at radius 1 is 1.06 bits per heavy atom. The molecule has 0 atom stereocenters. The van der Waals surface area contributed by atoms with Crippen LogP contribution in [-0.4, -0.2) is 43.6 Å². The standard InChI is InChI=1S/C28H28N4O3S/c1-36(34,35)31-23-9-7-20(8-10-23)22-15-24-26(17-30-27(24)25(16-22)28(29)33)21-11-13-32(14-12-21)18-19-5-3-2-4-6-19/h2-11,15-17,30-31H,12-14,18H2,1H3,(H2,29,33). The first-order valence-corrected chi connectivity index (χ1v) is 13.6. The molecule has 5 rings (SSSR count). The maximum atomic E-state index is 12.3. The molecule has 2 heterocycles. The van der Waals surface area contributed by atoms with Gasteiger partial charge in [-0.1, -0.05) is 48.5 Å². The van der Waals surface area contributed by atoms with Gasteiger partial charge in [-0.15, -0.1) is 0 Å². The number of carbonyl (C=O) groups is 1. The van der Waals surface area contributed by atoms with Crippen molar-refractivity contribution < 1.29 is 13.2 Å². The molecule has 184 valence electrons. The lowest BCUT2D eigenvalue weighted by atomic mass is 9.94. The van der Waals surface area contributed by atoms with Crippen molar-refractivity contribution in [3.05, 3.63) is 95.7 Å². The maximum Gasteiger partial charge on any atom is 0.250 e. The Morgan fingerprint density at radius 2 is 1.81 bits per heavy atom. The number of fused-ring (bicyclic) bond motifs is 1. The maximum absolute atomic E-state index is 12.3. The van der Waals surface area contributed by atoms with Gasteiger partial charge < -0.3 is 10.7 Å². The number of sulfonamides is 1. The molecule has 0 unspecified atom stereocenters. The zero-order valence-electron chi connectivity index (χ0n) is 20.0. The monoisotopic (exact) mass is 500 g/mol. The van der Waals surface area contributed by atoms with E-state index in [1.807, 2.05) is 24.4 Å². The van der Waals surface area contributed by atoms with Gasteiger partial charge in [-0.2, -0.15) is 0 Å². The first-order chi connectivity index (χ1) is 17.3. The number of nitrogens with zero attached hydrogens (tertiary/aromatic N) is 1. The molecule has 36 heavy (non-hydrogen) atoms. The largest absolute Gasteiger partial charge is 0.366 e. The van der Waals surface area contributed by atoms with E-state index in [4.69, 9.17) is 5.73 Å². The van der Waals surface area contributed by atoms with Crippen molar-refractivity contribution in [2.45, 2.75) is 13.0 Å². The topological polar surface area (TPSA) is 108 Å². The Balaban J connectivity index is 1.46. The number of amides is 1. The third kappa shape index (κ3) is 5.19. The summed E-state index contributed by atoms with van der Waals surface area (Å²) in [6, 6.07) is 21.4. The Bertz CT molecular complexity index is 1560. The second-order valence-electron chi connectivity index (χ2n) is 9.16. The molecule has 1 aromatic heterocycles. The summed E-state index contributed by atoms with van der Waals surface area (Å²) >= 11 is 0. The fourth-order valence-corrected chi connectivity index (χ4v) is 5.31. The highest BCUT2D eigenvalue weighted by Crippen LogP contribution is 2.35. The third-order valence-corrected chi connectivity index (χ3v) is 7.07. The number of nitrogens with two attached hydrogens (primary N) is 1. The first-order valence-electron chi connectivity index (χ1n) is 11.8. The van der Waals surface area contributed by atoms with Crippen LogP contribution in [0.2, 0.25) is 0 Å². The van der Waals surface area contributed by atoms with E-state index in [1.54, 1.807) is 18.2 Å². The van der Waals surface area contributed by atoms with Gasteiger partial charge in [0.25, 0.3) is 5.91 Å². The van der Waals surface area contributed by atoms with E-state index in [2.05, 4.69) is 51.0 Å². The van der Waals surface area contributed by atoms with Crippen LogP contribution in [0.25, 0.3) is 27.6 Å². The summed E-state index contributed by atoms with van der Waals surface area (Å²) < 4.78 is 25.5. The minimum atomic E-state index is -3.36. The van der Waals surface area contributed by atoms with Crippen molar-refractivity contribution in [2.24, 2.45) is 5.73 Å². The highest BCUT2D eigenvalue weighted by Gasteiger charge is 2.19. The van der Waals surface area contributed by atoms with Gasteiger partial charge in [-0.05, 0) is 52.9 Å². The molecule has 0 bridgehead atoms. The van der Waals surface area contributed by atoms with E-state index in [9.17, 15) is 13.2 Å². The predicted octanol–water partition coefficient (Wildman–Crippen LogP) is 4.59. The van der Waals surface area contributed by atoms with E-state index >= 15 is 0 Å². The Morgan fingerprint density at radius 3 is 2.44 bits per heavy atom. The van der Waals surface area contributed by atoms with Crippen molar-refractivity contribution >= 4 is 38.1 Å². The van der Waals surface area contributed by atoms with Crippen molar-refractivity contribution in [1.29, 1.82) is 0 Å². The fourth-order valence-electron chi connectivity index (χ4n) is 4.74. The van der Waals surface area contributed by atoms with Crippen LogP contribution in [0.3, 0.4) is 0 Å². The van der Waals surface area contributed by atoms with Crippen LogP contribution < -0.4 is 10.5 Å². The highest BCUT2D eigenvalue weighted by molar-refractivity contribution is 7.92. The van der Waals surface area contributed by atoms with Crippen LogP contribution in [0.4, 0.5) is 5.69 Å². The zero-order chi connectivity index (χ0) is 25.3. The number of hydrogen-bond donors (Lipinski definition) is 3. The van der Waals surface area contributed by atoms with Gasteiger partial charge in [-0.3, -0.25) is 14.4 Å². The van der Waals surface area contributed by atoms with E-state index in [0.717, 1.165) is 59.9 Å². The second kappa shape index (κ2) is 9.64. The number of benzene rings is 3. The SMILES string of the molecule is CS(=O)(=O)Nc1ccc(-c2cc(C(N)=O)c3[nH]cc(C4=CCN(Cc5ccccc5)CC4)c3c2)cc1. The first kappa shape index (κ1) is 23.8. The minimum Gasteiger partial charge on any atom is -0.366 e. The van der Waals surface area contributed by atoms with Gasteiger partial charge >= 0.3 is 0 Å². The normalized spacial score (nSPS) is 14.5. The average Bonchev–Trinajstić information content (AvgIpc) is 3.28. The average molecular weight is 501 g/mol. The van der Waals surface area contributed by atoms with Gasteiger partial charge in [0.1, 0.15) is 0 Å². The Kier molecular flexibility index (Phi) is 6.38. The number of rotatable bonds is 7. The zero-order valence-corrected chi connectivity index (χ0v) is 20.8. The Labute approximate surface area is 210 Å². The van der Waals surface area contributed by atoms with E-state index < -0.39 is 15.9 Å². The number of H-pyrrole nitrogens is 1. The molecule has 1 aliphatic heterocycles. The number of aromatic amines is 1. The highest BCUT2D eigenvalue weighted by atomic mass is 32.2. The van der Waals surface area contributed by atoms with Crippen molar-refractivity contribution in [2.75, 3.05) is 24.1 Å². The summed E-state index contributed by atoms with van der Waals surface area (Å²) in [5.41, 5.74) is 12.7. The van der Waals surface area contributed by atoms with Gasteiger partial charge in [-0.25, -0.2) is 8.42 Å². The quantitative estimate of drug-likeness (QED) is 0.345. The van der Waals surface area contributed by atoms with Gasteiger partial charge in [0, 0.05) is 42.5 Å². The summed E-state index contributed by atoms with van der Waals surface area (Å²) in [5, 5.41) is 0.947. The van der Waals surface area contributed by atoms with Crippen LogP contribution in [0.5, 0.6) is 0 Å². The van der Waals surface area contributed by atoms with Crippen LogP contribution in [0, 0.1) is 0 Å². The summed E-state index contributed by atoms with van der Waals surface area (Å²) in [6.45, 7) is 2.72. The summed E-state index contributed by atoms with van der Waals surface area (Å²) in [7, 11) is -3.36. The molecule has 4 aromatic rings. The van der Waals surface area contributed by atoms with Crippen LogP contribution >= 0.6 is 0 Å². The fraction of sp³-hybridized carbons (Fsp3) is 0.179. The summed E-state index contributed by atoms with van der Waals surface area (Å²) in [6.07, 6.45) is 6.24. The number of anilines is 1. The predicted molar refractivity (Wildman–Crippen MR) is 145 cm³/mol. The summed E-state index contributed by atoms with van der Waals surface area (Å²) in [5.74, 6) is -0.503. The lowest BCUT2D eigenvalue weighted by Gasteiger charge is -2.26. The molecular formula is C28H28N4O3S. The summed E-state index contributed by atoms with van der Waals surface area (Å²) in [4.78, 5) is 18.0. The number of nitrogens with one attached hydrogen (secondary N) is 2. The second-order valence-corrected chi connectivity index (χ2v) is 10.9. The number of hydrogen-bond acceptors (Lipinski definition) is 4. The van der Waals surface area contributed by atoms with E-state index in [1.165, 1.54) is 11.1 Å². The van der Waals surface area contributed by atoms with Crippen molar-refractivity contribution in [1.82, 2.24) is 9.88 Å². The van der Waals surface area contributed by atoms with Gasteiger partial charge in [0.2, 0.25) is 10.0 Å². The molecular weight excluding hydrogens is 472 g/mol. The lowest BCUT2D eigenvalue weighted by Crippen LogP contribution is -2.27. The molecule has 1 aliphatic rings. The van der Waals surface area contributed by atoms with Gasteiger partial charge in [0.15, 0.2) is 0 Å². The molecule has 0 radical (unpaired) electrons. The molecule has 3 aromatic carbocycles. The number of carbonyl (C=O) groups excluding carboxylic acids is 1. The molecule has 1 amide bonds. The van der Waals surface area contributed by atoms with Crippen LogP contribution in [0.1, 0.15) is 27.9 Å². The molecule has 7 nitrogen and oxygen atoms in total. The minimum absolute atomic E-state index is 0.425. The smallest absolute Gasteiger partial charge is 0.250 e. The molecule has 4 N–H and O–H groups in total. The molecule has 0 saturated carbocycles. The molecule has 0 spiro atoms. The van der Waals surface area contributed by atoms with E-state index in [0.29, 0.717) is 11.3 Å². The Hall–Kier alpha value is -3.88. The number of aromatic nitrogens is 1. The van der Waals surface area contributed by atoms with E-state index in [-0.39, 0.29) is 0 Å². The van der Waals surface area contributed by atoms with Gasteiger partial charge in [0.05, 0.1) is 17.3 Å².